The Morgan fingerprint density at radius 2 is 1.80 bits per heavy atom. The van der Waals surface area contributed by atoms with Gasteiger partial charge in [0.05, 0.1) is 22.1 Å². The number of carbonyl (C=O) groups excluding carboxylic acids is 1. The van der Waals surface area contributed by atoms with Crippen molar-refractivity contribution in [3.8, 4) is 11.9 Å². The van der Waals surface area contributed by atoms with Crippen LogP contribution in [0.5, 0.6) is 0 Å². The standard InChI is InChI=1S/C19H12F6N6O3S/c1-10(16-28-9-29-31(16)15-3-2-11(7-26)8-27-15)30-17(32)12-4-13(18(20,21)22)6-14(5-12)35(33,34)19(23,24)25/h2-6,8-10H,1H3,(H,30,32). The number of hydrogen-bond donors (Lipinski definition) is 1. The van der Waals surface area contributed by atoms with Gasteiger partial charge in [-0.15, -0.1) is 0 Å². The van der Waals surface area contributed by atoms with E-state index in [9.17, 15) is 39.6 Å². The molecule has 1 unspecified atom stereocenters. The highest BCUT2D eigenvalue weighted by Crippen LogP contribution is 2.36. The lowest BCUT2D eigenvalue weighted by molar-refractivity contribution is -0.137. The van der Waals surface area contributed by atoms with Crippen molar-refractivity contribution in [2.75, 3.05) is 0 Å². The van der Waals surface area contributed by atoms with E-state index in [2.05, 4.69) is 20.4 Å². The van der Waals surface area contributed by atoms with E-state index in [0.717, 1.165) is 11.0 Å². The Hall–Kier alpha value is -4.00. The van der Waals surface area contributed by atoms with Crippen LogP contribution in [0.1, 0.15) is 40.3 Å². The molecule has 1 atom stereocenters. The molecule has 16 heteroatoms. The summed E-state index contributed by atoms with van der Waals surface area (Å²) in [6, 6.07) is 3.85. The SMILES string of the molecule is CC(NC(=O)c1cc(C(F)(F)F)cc(S(=O)(=O)C(F)(F)F)c1)c1ncnn1-c1ccc(C#N)cn1. The molecule has 0 aliphatic heterocycles. The number of benzene rings is 1. The zero-order valence-corrected chi connectivity index (χ0v) is 18.1. The van der Waals surface area contributed by atoms with Gasteiger partial charge < -0.3 is 5.32 Å². The van der Waals surface area contributed by atoms with Crippen LogP contribution in [0.4, 0.5) is 26.3 Å². The van der Waals surface area contributed by atoms with Gasteiger partial charge in [0.25, 0.3) is 15.7 Å². The molecule has 0 spiro atoms. The molecule has 1 N–H and O–H groups in total. The van der Waals surface area contributed by atoms with Gasteiger partial charge in [-0.25, -0.2) is 18.4 Å². The first kappa shape index (κ1) is 25.6. The summed E-state index contributed by atoms with van der Waals surface area (Å²) in [5.41, 5.74) is -8.38. The van der Waals surface area contributed by atoms with Crippen molar-refractivity contribution in [3.05, 3.63) is 65.4 Å². The predicted octanol–water partition coefficient (Wildman–Crippen LogP) is 3.34. The molecule has 0 aliphatic carbocycles. The zero-order valence-electron chi connectivity index (χ0n) is 17.3. The number of rotatable bonds is 5. The van der Waals surface area contributed by atoms with Crippen LogP contribution in [0.2, 0.25) is 0 Å². The first-order valence-corrected chi connectivity index (χ1v) is 10.7. The normalized spacial score (nSPS) is 13.2. The van der Waals surface area contributed by atoms with Crippen molar-refractivity contribution in [2.24, 2.45) is 0 Å². The van der Waals surface area contributed by atoms with Crippen LogP contribution in [0.3, 0.4) is 0 Å². The van der Waals surface area contributed by atoms with E-state index in [4.69, 9.17) is 5.26 Å². The number of nitrogens with one attached hydrogen (secondary N) is 1. The highest BCUT2D eigenvalue weighted by molar-refractivity contribution is 7.92. The molecule has 1 amide bonds. The number of halogens is 6. The fraction of sp³-hybridized carbons (Fsp3) is 0.211. The third-order valence-corrected chi connectivity index (χ3v) is 5.98. The van der Waals surface area contributed by atoms with Gasteiger partial charge in [-0.05, 0) is 37.3 Å². The van der Waals surface area contributed by atoms with Crippen LogP contribution < -0.4 is 5.32 Å². The molecule has 0 fully saturated rings. The van der Waals surface area contributed by atoms with Gasteiger partial charge >= 0.3 is 11.7 Å². The zero-order chi connectivity index (χ0) is 26.2. The number of carbonyl (C=O) groups is 1. The number of alkyl halides is 6. The summed E-state index contributed by atoms with van der Waals surface area (Å²) >= 11 is 0. The van der Waals surface area contributed by atoms with Crippen LogP contribution in [0, 0.1) is 11.3 Å². The van der Waals surface area contributed by atoms with E-state index in [1.54, 1.807) is 0 Å². The summed E-state index contributed by atoms with van der Waals surface area (Å²) < 4.78 is 103. The number of hydrogen-bond acceptors (Lipinski definition) is 7. The molecule has 2 heterocycles. The van der Waals surface area contributed by atoms with Gasteiger partial charge in [-0.2, -0.15) is 41.4 Å². The van der Waals surface area contributed by atoms with Gasteiger partial charge in [0.2, 0.25) is 0 Å². The summed E-state index contributed by atoms with van der Waals surface area (Å²) in [5, 5.41) is 15.0. The van der Waals surface area contributed by atoms with Gasteiger partial charge in [0, 0.05) is 11.8 Å². The van der Waals surface area contributed by atoms with Gasteiger partial charge in [0.15, 0.2) is 11.6 Å². The summed E-state index contributed by atoms with van der Waals surface area (Å²) in [5.74, 6) is -1.09. The molecule has 35 heavy (non-hydrogen) atoms. The number of nitrogens with zero attached hydrogens (tertiary/aromatic N) is 5. The molecule has 2 aromatic heterocycles. The number of aromatic nitrogens is 4. The van der Waals surface area contributed by atoms with Gasteiger partial charge in [-0.1, -0.05) is 0 Å². The predicted molar refractivity (Wildman–Crippen MR) is 104 cm³/mol. The van der Waals surface area contributed by atoms with Crippen LogP contribution in [-0.4, -0.2) is 39.6 Å². The van der Waals surface area contributed by atoms with Crippen molar-refractivity contribution in [3.63, 3.8) is 0 Å². The number of amides is 1. The number of nitriles is 1. The average Bonchev–Trinajstić information content (AvgIpc) is 3.27. The summed E-state index contributed by atoms with van der Waals surface area (Å²) in [6.45, 7) is 1.35. The lowest BCUT2D eigenvalue weighted by Crippen LogP contribution is -2.30. The minimum absolute atomic E-state index is 0.0330. The third-order valence-electron chi connectivity index (χ3n) is 4.51. The van der Waals surface area contributed by atoms with Crippen LogP contribution >= 0.6 is 0 Å². The second-order valence-electron chi connectivity index (χ2n) is 6.94. The highest BCUT2D eigenvalue weighted by atomic mass is 32.2. The second-order valence-corrected chi connectivity index (χ2v) is 8.88. The Morgan fingerprint density at radius 3 is 2.34 bits per heavy atom. The maximum Gasteiger partial charge on any atom is 0.501 e. The fourth-order valence-corrected chi connectivity index (χ4v) is 3.66. The second kappa shape index (κ2) is 8.98. The quantitative estimate of drug-likeness (QED) is 0.513. The minimum Gasteiger partial charge on any atom is -0.342 e. The van der Waals surface area contributed by atoms with Crippen molar-refractivity contribution >= 4 is 15.7 Å². The van der Waals surface area contributed by atoms with E-state index >= 15 is 0 Å². The van der Waals surface area contributed by atoms with Crippen molar-refractivity contribution in [1.29, 1.82) is 5.26 Å². The molecule has 3 rings (SSSR count). The molecule has 0 aliphatic rings. The Bertz CT molecular complexity index is 1410. The van der Waals surface area contributed by atoms with Crippen molar-refractivity contribution in [2.45, 2.75) is 29.5 Å². The monoisotopic (exact) mass is 518 g/mol. The molecular weight excluding hydrogens is 506 g/mol. The molecule has 0 bridgehead atoms. The number of sulfone groups is 1. The molecule has 9 nitrogen and oxygen atoms in total. The molecular formula is C19H12F6N6O3S. The summed E-state index contributed by atoms with van der Waals surface area (Å²) in [4.78, 5) is 18.8. The molecule has 1 aromatic carbocycles. The van der Waals surface area contributed by atoms with Crippen LogP contribution in [0.25, 0.3) is 5.82 Å². The van der Waals surface area contributed by atoms with Crippen LogP contribution in [0.15, 0.2) is 47.8 Å². The lowest BCUT2D eigenvalue weighted by atomic mass is 10.1. The molecule has 0 radical (unpaired) electrons. The maximum absolute atomic E-state index is 13.2. The van der Waals surface area contributed by atoms with Crippen molar-refractivity contribution in [1.82, 2.24) is 25.1 Å². The van der Waals surface area contributed by atoms with E-state index < -0.39 is 49.5 Å². The van der Waals surface area contributed by atoms with Crippen LogP contribution in [-0.2, 0) is 16.0 Å². The summed E-state index contributed by atoms with van der Waals surface area (Å²) in [7, 11) is -6.17. The Kier molecular flexibility index (Phi) is 6.57. The third kappa shape index (κ3) is 5.24. The van der Waals surface area contributed by atoms with E-state index in [-0.39, 0.29) is 35.4 Å². The number of pyridine rings is 1. The van der Waals surface area contributed by atoms with Gasteiger partial charge in [0.1, 0.15) is 12.4 Å². The molecule has 0 saturated carbocycles. The first-order valence-electron chi connectivity index (χ1n) is 9.26. The Morgan fingerprint density at radius 1 is 1.11 bits per heavy atom. The fourth-order valence-electron chi connectivity index (χ4n) is 2.83. The minimum atomic E-state index is -6.17. The topological polar surface area (TPSA) is 131 Å². The lowest BCUT2D eigenvalue weighted by Gasteiger charge is -2.17. The molecule has 184 valence electrons. The van der Waals surface area contributed by atoms with E-state index in [1.165, 1.54) is 25.3 Å². The van der Waals surface area contributed by atoms with E-state index in [1.807, 2.05) is 6.07 Å². The highest BCUT2D eigenvalue weighted by Gasteiger charge is 2.48. The molecule has 0 saturated heterocycles. The summed E-state index contributed by atoms with van der Waals surface area (Å²) in [6.07, 6.45) is -2.93. The largest absolute Gasteiger partial charge is 0.501 e. The molecule has 3 aromatic rings. The first-order chi connectivity index (χ1) is 16.1. The van der Waals surface area contributed by atoms with Gasteiger partial charge in [-0.3, -0.25) is 4.79 Å². The Labute approximate surface area is 193 Å². The average molecular weight is 518 g/mol. The maximum atomic E-state index is 13.2. The van der Waals surface area contributed by atoms with E-state index in [0.29, 0.717) is 0 Å². The Balaban J connectivity index is 1.97. The smallest absolute Gasteiger partial charge is 0.342 e. The van der Waals surface area contributed by atoms with Crippen molar-refractivity contribution < 1.29 is 39.6 Å².